The summed E-state index contributed by atoms with van der Waals surface area (Å²) in [6.45, 7) is 2.04. The number of nitrogens with two attached hydrogens (primary N) is 1. The average Bonchev–Trinajstić information content (AvgIpc) is 2.34. The van der Waals surface area contributed by atoms with Crippen molar-refractivity contribution in [3.8, 4) is 0 Å². The summed E-state index contributed by atoms with van der Waals surface area (Å²) in [6, 6.07) is 0.0116. The van der Waals surface area contributed by atoms with Gasteiger partial charge in [0.05, 0.1) is 13.0 Å². The standard InChI is InChI=1S/C12H22F2N2O2/c1-9(15)10-4-2-3-6-16(10)12(17)5-7-18-8-11(13)14/h9-11H,2-8,15H2,1H3. The molecule has 0 spiro atoms. The summed E-state index contributed by atoms with van der Waals surface area (Å²) in [6.07, 6.45) is 0.647. The molecule has 18 heavy (non-hydrogen) atoms. The minimum atomic E-state index is -2.48. The van der Waals surface area contributed by atoms with Crippen molar-refractivity contribution in [2.45, 2.75) is 51.1 Å². The van der Waals surface area contributed by atoms with Crippen LogP contribution in [0.3, 0.4) is 0 Å². The van der Waals surface area contributed by atoms with Crippen LogP contribution < -0.4 is 5.73 Å². The molecule has 0 aromatic carbocycles. The van der Waals surface area contributed by atoms with E-state index in [9.17, 15) is 13.6 Å². The summed E-state index contributed by atoms with van der Waals surface area (Å²) in [5.41, 5.74) is 5.87. The molecule has 1 fully saturated rings. The molecule has 1 heterocycles. The van der Waals surface area contributed by atoms with E-state index in [-0.39, 0.29) is 31.0 Å². The van der Waals surface area contributed by atoms with E-state index in [4.69, 9.17) is 10.5 Å². The first-order valence-electron chi connectivity index (χ1n) is 6.43. The third-order valence-electron chi connectivity index (χ3n) is 3.18. The van der Waals surface area contributed by atoms with Crippen molar-refractivity contribution in [1.82, 2.24) is 4.90 Å². The topological polar surface area (TPSA) is 55.6 Å². The van der Waals surface area contributed by atoms with Gasteiger partial charge >= 0.3 is 0 Å². The van der Waals surface area contributed by atoms with Crippen molar-refractivity contribution in [2.75, 3.05) is 19.8 Å². The number of piperidine rings is 1. The van der Waals surface area contributed by atoms with Crippen LogP contribution in [0.5, 0.6) is 0 Å². The molecule has 106 valence electrons. The number of carbonyl (C=O) groups is 1. The quantitative estimate of drug-likeness (QED) is 0.737. The number of halogens is 2. The lowest BCUT2D eigenvalue weighted by atomic mass is 9.96. The van der Waals surface area contributed by atoms with Crippen molar-refractivity contribution < 1.29 is 18.3 Å². The van der Waals surface area contributed by atoms with E-state index in [1.54, 1.807) is 4.90 Å². The van der Waals surface area contributed by atoms with Gasteiger partial charge in [-0.3, -0.25) is 4.79 Å². The van der Waals surface area contributed by atoms with E-state index in [0.717, 1.165) is 19.3 Å². The van der Waals surface area contributed by atoms with E-state index in [2.05, 4.69) is 0 Å². The second-order valence-electron chi connectivity index (χ2n) is 4.73. The van der Waals surface area contributed by atoms with Gasteiger partial charge in [0, 0.05) is 18.6 Å². The average molecular weight is 264 g/mol. The Kier molecular flexibility index (Phi) is 6.49. The lowest BCUT2D eigenvalue weighted by Gasteiger charge is -2.38. The van der Waals surface area contributed by atoms with Gasteiger partial charge in [-0.2, -0.15) is 0 Å². The van der Waals surface area contributed by atoms with E-state index in [1.165, 1.54) is 0 Å². The first kappa shape index (κ1) is 15.3. The Balaban J connectivity index is 2.34. The maximum Gasteiger partial charge on any atom is 0.261 e. The molecule has 2 atom stereocenters. The summed E-state index contributed by atoms with van der Waals surface area (Å²) < 4.78 is 28.4. The number of ether oxygens (including phenoxy) is 1. The Labute approximate surface area is 106 Å². The summed E-state index contributed by atoms with van der Waals surface area (Å²) in [7, 11) is 0. The van der Waals surface area contributed by atoms with Crippen LogP contribution in [0.4, 0.5) is 8.78 Å². The van der Waals surface area contributed by atoms with Crippen LogP contribution in [0.1, 0.15) is 32.6 Å². The zero-order valence-electron chi connectivity index (χ0n) is 10.8. The number of hydrogen-bond acceptors (Lipinski definition) is 3. The molecular formula is C12H22F2N2O2. The van der Waals surface area contributed by atoms with Gasteiger partial charge in [0.25, 0.3) is 6.43 Å². The van der Waals surface area contributed by atoms with E-state index < -0.39 is 13.0 Å². The van der Waals surface area contributed by atoms with Gasteiger partial charge in [-0.05, 0) is 26.2 Å². The summed E-state index contributed by atoms with van der Waals surface area (Å²) in [4.78, 5) is 13.7. The molecule has 0 aromatic rings. The van der Waals surface area contributed by atoms with E-state index in [0.29, 0.717) is 6.54 Å². The smallest absolute Gasteiger partial charge is 0.261 e. The Morgan fingerprint density at radius 1 is 1.50 bits per heavy atom. The van der Waals surface area contributed by atoms with Crippen molar-refractivity contribution in [2.24, 2.45) is 5.73 Å². The van der Waals surface area contributed by atoms with Gasteiger partial charge < -0.3 is 15.4 Å². The lowest BCUT2D eigenvalue weighted by Crippen LogP contribution is -2.51. The molecule has 1 saturated heterocycles. The fourth-order valence-electron chi connectivity index (χ4n) is 2.29. The van der Waals surface area contributed by atoms with Crippen molar-refractivity contribution in [3.05, 3.63) is 0 Å². The highest BCUT2D eigenvalue weighted by Crippen LogP contribution is 2.19. The molecule has 0 saturated carbocycles. The SMILES string of the molecule is CC(N)C1CCCCN1C(=O)CCOCC(F)F. The highest BCUT2D eigenvalue weighted by molar-refractivity contribution is 5.76. The number of alkyl halides is 2. The first-order chi connectivity index (χ1) is 8.52. The fraction of sp³-hybridized carbons (Fsp3) is 0.917. The minimum absolute atomic E-state index is 0.0470. The molecule has 1 aliphatic rings. The third kappa shape index (κ3) is 4.86. The molecule has 4 nitrogen and oxygen atoms in total. The molecule has 0 radical (unpaired) electrons. The molecule has 1 amide bonds. The number of rotatable bonds is 6. The van der Waals surface area contributed by atoms with Crippen LogP contribution in [0.2, 0.25) is 0 Å². The zero-order valence-corrected chi connectivity index (χ0v) is 10.8. The molecule has 2 unspecified atom stereocenters. The summed E-state index contributed by atoms with van der Waals surface area (Å²) in [5.74, 6) is -0.0498. The Hall–Kier alpha value is -0.750. The number of hydrogen-bond donors (Lipinski definition) is 1. The van der Waals surface area contributed by atoms with Gasteiger partial charge in [-0.1, -0.05) is 0 Å². The highest BCUT2D eigenvalue weighted by atomic mass is 19.3. The monoisotopic (exact) mass is 264 g/mol. The molecule has 6 heteroatoms. The van der Waals surface area contributed by atoms with Crippen molar-refractivity contribution in [3.63, 3.8) is 0 Å². The number of amides is 1. The maximum absolute atomic E-state index is 12.0. The molecule has 0 aliphatic carbocycles. The zero-order chi connectivity index (χ0) is 13.5. The van der Waals surface area contributed by atoms with Gasteiger partial charge in [0.15, 0.2) is 0 Å². The van der Waals surface area contributed by atoms with Crippen LogP contribution in [0, 0.1) is 0 Å². The van der Waals surface area contributed by atoms with Gasteiger partial charge in [-0.25, -0.2) is 8.78 Å². The number of carbonyl (C=O) groups excluding carboxylic acids is 1. The van der Waals surface area contributed by atoms with Gasteiger partial charge in [0.2, 0.25) is 5.91 Å². The summed E-state index contributed by atoms with van der Waals surface area (Å²) >= 11 is 0. The largest absolute Gasteiger partial charge is 0.375 e. The Morgan fingerprint density at radius 3 is 2.83 bits per heavy atom. The third-order valence-corrected chi connectivity index (χ3v) is 3.18. The highest BCUT2D eigenvalue weighted by Gasteiger charge is 2.28. The second kappa shape index (κ2) is 7.63. The Morgan fingerprint density at radius 2 is 2.22 bits per heavy atom. The Bertz CT molecular complexity index is 262. The molecule has 0 aromatic heterocycles. The normalized spacial score (nSPS) is 22.3. The van der Waals surface area contributed by atoms with Crippen LogP contribution in [0.25, 0.3) is 0 Å². The predicted octanol–water partition coefficient (Wildman–Crippen LogP) is 1.39. The molecular weight excluding hydrogens is 242 g/mol. The van der Waals surface area contributed by atoms with Crippen LogP contribution in [-0.2, 0) is 9.53 Å². The van der Waals surface area contributed by atoms with Crippen molar-refractivity contribution in [1.29, 1.82) is 0 Å². The number of likely N-dealkylation sites (tertiary alicyclic amines) is 1. The molecule has 2 N–H and O–H groups in total. The van der Waals surface area contributed by atoms with Crippen LogP contribution in [0.15, 0.2) is 0 Å². The molecule has 1 rings (SSSR count). The maximum atomic E-state index is 12.0. The predicted molar refractivity (Wildman–Crippen MR) is 64.4 cm³/mol. The summed E-state index contributed by atoms with van der Waals surface area (Å²) in [5, 5.41) is 0. The number of nitrogens with zero attached hydrogens (tertiary/aromatic N) is 1. The van der Waals surface area contributed by atoms with Crippen LogP contribution >= 0.6 is 0 Å². The second-order valence-corrected chi connectivity index (χ2v) is 4.73. The first-order valence-corrected chi connectivity index (χ1v) is 6.43. The van der Waals surface area contributed by atoms with Crippen molar-refractivity contribution >= 4 is 5.91 Å². The molecule has 0 bridgehead atoms. The molecule has 1 aliphatic heterocycles. The van der Waals surface area contributed by atoms with E-state index >= 15 is 0 Å². The van der Waals surface area contributed by atoms with E-state index in [1.807, 2.05) is 6.92 Å². The lowest BCUT2D eigenvalue weighted by molar-refractivity contribution is -0.136. The van der Waals surface area contributed by atoms with Gasteiger partial charge in [-0.15, -0.1) is 0 Å². The van der Waals surface area contributed by atoms with Crippen LogP contribution in [-0.4, -0.2) is 49.1 Å². The fourth-order valence-corrected chi connectivity index (χ4v) is 2.29. The van der Waals surface area contributed by atoms with Gasteiger partial charge in [0.1, 0.15) is 6.61 Å². The minimum Gasteiger partial charge on any atom is -0.375 e.